The van der Waals surface area contributed by atoms with E-state index in [0.29, 0.717) is 83.3 Å². The second-order valence-electron chi connectivity index (χ2n) is 10.00. The smallest absolute Gasteiger partial charge is 0.573 e. The van der Waals surface area contributed by atoms with Crippen LogP contribution in [0.5, 0.6) is 5.75 Å². The summed E-state index contributed by atoms with van der Waals surface area (Å²) in [6, 6.07) is 6.42. The van der Waals surface area contributed by atoms with Gasteiger partial charge in [0.25, 0.3) is 0 Å². The zero-order chi connectivity index (χ0) is 28.1. The number of aromatic nitrogens is 4. The minimum Gasteiger partial charge on any atom is -0.616 e. The molecule has 0 radical (unpaired) electrons. The van der Waals surface area contributed by atoms with Crippen LogP contribution in [0.3, 0.4) is 0 Å². The number of aromatic amines is 1. The minimum atomic E-state index is -4.90. The number of fused-ring (bicyclic) bond motifs is 4. The lowest BCUT2D eigenvalue weighted by Gasteiger charge is -2.28. The molecule has 5 aromatic rings. The molecule has 7 rings (SSSR count). The standard InChI is InChI=1S/C27H25F3N6O4S/c28-27(29,30)40-20-2-1-19-17(3-4-31-19)21(20)24-33-22-18-13-16(15-35-7-11-41(37)12-8-35)14-32-26(18)39-23(22)25(34-24)36-5-9-38-10-6-36/h1-4,13-14,31H,5-12,15H2. The van der Waals surface area contributed by atoms with Crippen molar-refractivity contribution in [1.82, 2.24) is 24.8 Å². The van der Waals surface area contributed by atoms with Gasteiger partial charge in [-0.1, -0.05) is 11.2 Å². The number of hydrogen-bond acceptors (Lipinski definition) is 9. The van der Waals surface area contributed by atoms with Gasteiger partial charge in [-0.15, -0.1) is 13.2 Å². The van der Waals surface area contributed by atoms with Crippen molar-refractivity contribution in [2.24, 2.45) is 0 Å². The molecule has 0 aliphatic carbocycles. The molecular formula is C27H25F3N6O4S. The van der Waals surface area contributed by atoms with E-state index in [9.17, 15) is 17.7 Å². The summed E-state index contributed by atoms with van der Waals surface area (Å²) >= 11 is -0.781. The molecule has 0 unspecified atom stereocenters. The topological polar surface area (TPSA) is 116 Å². The molecule has 10 nitrogen and oxygen atoms in total. The van der Waals surface area contributed by atoms with Gasteiger partial charge in [-0.05, 0) is 29.8 Å². The Morgan fingerprint density at radius 2 is 1.85 bits per heavy atom. The Bertz CT molecular complexity index is 1730. The van der Waals surface area contributed by atoms with Crippen molar-refractivity contribution in [3.8, 4) is 17.1 Å². The maximum Gasteiger partial charge on any atom is 0.573 e. The summed E-state index contributed by atoms with van der Waals surface area (Å²) < 4.78 is 68.3. The summed E-state index contributed by atoms with van der Waals surface area (Å²) in [5.41, 5.74) is 2.88. The van der Waals surface area contributed by atoms with Crippen LogP contribution in [-0.2, 0) is 22.5 Å². The molecule has 0 bridgehead atoms. The Hall–Kier alpha value is -3.59. The molecule has 0 amide bonds. The van der Waals surface area contributed by atoms with Crippen LogP contribution >= 0.6 is 0 Å². The van der Waals surface area contributed by atoms with Gasteiger partial charge in [0.05, 0.1) is 24.2 Å². The number of nitrogens with zero attached hydrogens (tertiary/aromatic N) is 5. The van der Waals surface area contributed by atoms with Crippen molar-refractivity contribution in [1.29, 1.82) is 0 Å². The van der Waals surface area contributed by atoms with Gasteiger partial charge < -0.3 is 28.3 Å². The van der Waals surface area contributed by atoms with Crippen LogP contribution in [-0.4, -0.2) is 86.6 Å². The zero-order valence-corrected chi connectivity index (χ0v) is 22.6. The maximum atomic E-state index is 13.5. The van der Waals surface area contributed by atoms with Gasteiger partial charge in [-0.3, -0.25) is 4.90 Å². The number of alkyl halides is 3. The number of morpholine rings is 1. The van der Waals surface area contributed by atoms with Gasteiger partial charge in [0.15, 0.2) is 17.2 Å². The van der Waals surface area contributed by atoms with Gasteiger partial charge in [0, 0.05) is 56.0 Å². The van der Waals surface area contributed by atoms with Crippen LogP contribution in [0, 0.1) is 0 Å². The van der Waals surface area contributed by atoms with Crippen molar-refractivity contribution >= 4 is 50.1 Å². The minimum absolute atomic E-state index is 0.0788. The Balaban J connectivity index is 1.41. The quantitative estimate of drug-likeness (QED) is 0.302. The highest BCUT2D eigenvalue weighted by atomic mass is 32.2. The molecule has 2 aliphatic rings. The Morgan fingerprint density at radius 3 is 2.63 bits per heavy atom. The summed E-state index contributed by atoms with van der Waals surface area (Å²) in [6.45, 7) is 4.07. The molecular weight excluding hydrogens is 561 g/mol. The third-order valence-corrected chi connectivity index (χ3v) is 8.62. The third-order valence-electron chi connectivity index (χ3n) is 7.34. The number of H-pyrrole nitrogens is 1. The summed E-state index contributed by atoms with van der Waals surface area (Å²) in [7, 11) is 0. The van der Waals surface area contributed by atoms with E-state index in [-0.39, 0.29) is 11.4 Å². The van der Waals surface area contributed by atoms with E-state index in [2.05, 4.69) is 19.6 Å². The summed E-state index contributed by atoms with van der Waals surface area (Å²) in [5, 5.41) is 1.13. The number of rotatable bonds is 5. The van der Waals surface area contributed by atoms with E-state index >= 15 is 0 Å². The number of furan rings is 1. The first-order chi connectivity index (χ1) is 19.8. The normalized spacial score (nSPS) is 17.7. The number of ether oxygens (including phenoxy) is 2. The fourth-order valence-corrected chi connectivity index (χ4v) is 6.52. The van der Waals surface area contributed by atoms with Gasteiger partial charge in [0.2, 0.25) is 5.71 Å². The van der Waals surface area contributed by atoms with E-state index in [0.717, 1.165) is 18.7 Å². The van der Waals surface area contributed by atoms with E-state index in [1.54, 1.807) is 18.5 Å². The van der Waals surface area contributed by atoms with Crippen molar-refractivity contribution in [2.75, 3.05) is 55.8 Å². The first-order valence-electron chi connectivity index (χ1n) is 13.2. The van der Waals surface area contributed by atoms with Gasteiger partial charge >= 0.3 is 6.36 Å². The molecule has 14 heteroatoms. The molecule has 41 heavy (non-hydrogen) atoms. The van der Waals surface area contributed by atoms with Crippen LogP contribution in [0.15, 0.2) is 41.1 Å². The lowest BCUT2D eigenvalue weighted by Crippen LogP contribution is -2.39. The second-order valence-corrected chi connectivity index (χ2v) is 11.7. The molecule has 214 valence electrons. The molecule has 1 N–H and O–H groups in total. The van der Waals surface area contributed by atoms with Crippen LogP contribution in [0.1, 0.15) is 5.56 Å². The Kier molecular flexibility index (Phi) is 6.64. The monoisotopic (exact) mass is 586 g/mol. The number of halogens is 3. The highest BCUT2D eigenvalue weighted by Gasteiger charge is 2.34. The summed E-state index contributed by atoms with van der Waals surface area (Å²) in [5.74, 6) is 1.41. The summed E-state index contributed by atoms with van der Waals surface area (Å²) in [6.07, 6.45) is -1.51. The van der Waals surface area contributed by atoms with Crippen LogP contribution in [0.4, 0.5) is 19.0 Å². The van der Waals surface area contributed by atoms with E-state index in [1.807, 2.05) is 11.0 Å². The predicted octanol–water partition coefficient (Wildman–Crippen LogP) is 4.22. The fourth-order valence-electron chi connectivity index (χ4n) is 5.39. The molecule has 1 aromatic carbocycles. The van der Waals surface area contributed by atoms with Gasteiger partial charge in [-0.25, -0.2) is 15.0 Å². The largest absolute Gasteiger partial charge is 0.616 e. The van der Waals surface area contributed by atoms with Crippen LogP contribution in [0.2, 0.25) is 0 Å². The number of hydrogen-bond donors (Lipinski definition) is 1. The van der Waals surface area contributed by atoms with Crippen molar-refractivity contribution < 1.29 is 31.6 Å². The first-order valence-corrected chi connectivity index (χ1v) is 14.7. The lowest BCUT2D eigenvalue weighted by atomic mass is 10.1. The van der Waals surface area contributed by atoms with Gasteiger partial charge in [0.1, 0.15) is 22.8 Å². The Morgan fingerprint density at radius 1 is 1.05 bits per heavy atom. The average molecular weight is 587 g/mol. The second kappa shape index (κ2) is 10.4. The molecule has 2 fully saturated rings. The van der Waals surface area contributed by atoms with E-state index < -0.39 is 23.3 Å². The van der Waals surface area contributed by atoms with E-state index in [4.69, 9.17) is 19.1 Å². The van der Waals surface area contributed by atoms with Gasteiger partial charge in [-0.2, -0.15) is 0 Å². The highest BCUT2D eigenvalue weighted by Crippen LogP contribution is 2.41. The number of benzene rings is 1. The van der Waals surface area contributed by atoms with E-state index in [1.165, 1.54) is 12.1 Å². The number of nitrogens with one attached hydrogen (secondary N) is 1. The van der Waals surface area contributed by atoms with Crippen molar-refractivity contribution in [2.45, 2.75) is 12.9 Å². The SMILES string of the molecule is [O-][S+]1CCN(Cc2cnc3oc4c(N5CCOCC5)nc(-c5c(OC(F)(F)F)ccc6[nH]ccc56)nc4c3c2)CC1. The van der Waals surface area contributed by atoms with Crippen LogP contribution < -0.4 is 9.64 Å². The Labute approximate surface area is 234 Å². The maximum absolute atomic E-state index is 13.5. The molecule has 2 aliphatic heterocycles. The average Bonchev–Trinajstić information content (AvgIpc) is 3.58. The van der Waals surface area contributed by atoms with Crippen LogP contribution in [0.25, 0.3) is 44.5 Å². The van der Waals surface area contributed by atoms with Crippen molar-refractivity contribution in [3.05, 3.63) is 42.2 Å². The lowest BCUT2D eigenvalue weighted by molar-refractivity contribution is -0.274. The third kappa shape index (κ3) is 5.16. The molecule has 2 saturated heterocycles. The molecule has 0 spiro atoms. The summed E-state index contributed by atoms with van der Waals surface area (Å²) in [4.78, 5) is 21.4. The molecule has 4 aromatic heterocycles. The zero-order valence-electron chi connectivity index (χ0n) is 21.7. The number of anilines is 1. The van der Waals surface area contributed by atoms with Crippen molar-refractivity contribution in [3.63, 3.8) is 0 Å². The molecule has 6 heterocycles. The molecule has 0 saturated carbocycles. The molecule has 0 atom stereocenters. The predicted molar refractivity (Wildman–Crippen MR) is 147 cm³/mol. The fraction of sp³-hybridized carbons (Fsp3) is 0.370. The highest BCUT2D eigenvalue weighted by molar-refractivity contribution is 7.91. The first kappa shape index (κ1) is 26.3. The number of pyridine rings is 1.